The minimum Gasteiger partial charge on any atom is -0.497 e. The summed E-state index contributed by atoms with van der Waals surface area (Å²) in [6.45, 7) is 2.02. The van der Waals surface area contributed by atoms with Crippen LogP contribution in [-0.2, 0) is 21.1 Å². The van der Waals surface area contributed by atoms with E-state index in [0.717, 1.165) is 71.6 Å². The molecule has 206 valence electrons. The van der Waals surface area contributed by atoms with E-state index in [-0.39, 0.29) is 21.1 Å². The minimum atomic E-state index is 0. The molecular formula is C37H22N4OPt. The molecule has 0 spiro atoms. The van der Waals surface area contributed by atoms with Crippen LogP contribution in [0, 0.1) is 19.1 Å². The van der Waals surface area contributed by atoms with Crippen molar-refractivity contribution < 1.29 is 25.8 Å². The molecule has 0 N–H and O–H groups in total. The predicted octanol–water partition coefficient (Wildman–Crippen LogP) is 8.96. The zero-order chi connectivity index (χ0) is 27.8. The Kier molecular flexibility index (Phi) is 5.85. The van der Waals surface area contributed by atoms with E-state index < -0.39 is 0 Å². The van der Waals surface area contributed by atoms with Gasteiger partial charge in [0.15, 0.2) is 0 Å². The zero-order valence-electron chi connectivity index (χ0n) is 23.0. The number of benzene rings is 5. The molecule has 0 atom stereocenters. The Morgan fingerprint density at radius 3 is 1.72 bits per heavy atom. The largest absolute Gasteiger partial charge is 2.00 e. The fourth-order valence-corrected chi connectivity index (χ4v) is 6.16. The Morgan fingerprint density at radius 1 is 0.558 bits per heavy atom. The first-order chi connectivity index (χ1) is 20.7. The summed E-state index contributed by atoms with van der Waals surface area (Å²) in [6.07, 6.45) is 4.17. The molecule has 0 fully saturated rings. The summed E-state index contributed by atoms with van der Waals surface area (Å²) in [5.74, 6) is 1.22. The van der Waals surface area contributed by atoms with Crippen molar-refractivity contribution >= 4 is 54.6 Å². The Labute approximate surface area is 261 Å². The van der Waals surface area contributed by atoms with Crippen LogP contribution in [-0.4, -0.2) is 18.8 Å². The van der Waals surface area contributed by atoms with Crippen molar-refractivity contribution in [2.75, 3.05) is 0 Å². The number of aromatic nitrogens is 4. The molecule has 43 heavy (non-hydrogen) atoms. The molecule has 9 rings (SSSR count). The summed E-state index contributed by atoms with van der Waals surface area (Å²) >= 11 is 0. The molecule has 0 unspecified atom stereocenters. The van der Waals surface area contributed by atoms with Gasteiger partial charge in [-0.1, -0.05) is 113 Å². The van der Waals surface area contributed by atoms with Gasteiger partial charge in [-0.3, -0.25) is 9.97 Å². The zero-order valence-corrected chi connectivity index (χ0v) is 25.3. The molecule has 0 saturated heterocycles. The molecule has 5 aromatic carbocycles. The number of hydrogen-bond acceptors (Lipinski definition) is 3. The van der Waals surface area contributed by atoms with Crippen LogP contribution in [0.15, 0.2) is 116 Å². The van der Waals surface area contributed by atoms with Crippen LogP contribution in [0.5, 0.6) is 11.5 Å². The standard InChI is InChI=1S/C37H22N4O.Pt/c1-23-21-40-34-13-7-5-11-29(34)27-17-15-25(19-31(27)36(40)38-23)42-26-16-18-28-30-12-6-8-14-35(30)41-22-33(24-9-3-2-4-10-24)39-37(41)32(28)20-26;/h2-18,21-22H,1H3;/q-2;+2. The first-order valence-electron chi connectivity index (χ1n) is 13.9. The van der Waals surface area contributed by atoms with E-state index in [9.17, 15) is 0 Å². The number of ether oxygens (including phenoxy) is 1. The first kappa shape index (κ1) is 25.7. The predicted molar refractivity (Wildman–Crippen MR) is 168 cm³/mol. The van der Waals surface area contributed by atoms with E-state index in [1.165, 1.54) is 0 Å². The third-order valence-corrected chi connectivity index (χ3v) is 8.01. The minimum absolute atomic E-state index is 0. The number of rotatable bonds is 3. The number of aryl methyl sites for hydroxylation is 1. The molecule has 0 saturated carbocycles. The average molecular weight is 734 g/mol. The molecule has 5 nitrogen and oxygen atoms in total. The van der Waals surface area contributed by atoms with Crippen molar-refractivity contribution in [3.63, 3.8) is 0 Å². The number of nitrogens with zero attached hydrogens (tertiary/aromatic N) is 4. The number of imidazole rings is 2. The molecule has 0 bridgehead atoms. The monoisotopic (exact) mass is 733 g/mol. The van der Waals surface area contributed by atoms with Crippen molar-refractivity contribution in [2.24, 2.45) is 0 Å². The second kappa shape index (κ2) is 9.79. The van der Waals surface area contributed by atoms with E-state index in [0.29, 0.717) is 11.5 Å². The van der Waals surface area contributed by atoms with E-state index in [4.69, 9.17) is 14.7 Å². The van der Waals surface area contributed by atoms with Gasteiger partial charge in [0.2, 0.25) is 0 Å². The summed E-state index contributed by atoms with van der Waals surface area (Å²) in [7, 11) is 0. The number of pyridine rings is 2. The van der Waals surface area contributed by atoms with Crippen LogP contribution in [0.2, 0.25) is 0 Å². The Morgan fingerprint density at radius 2 is 1.09 bits per heavy atom. The van der Waals surface area contributed by atoms with Crippen LogP contribution in [0.25, 0.3) is 65.9 Å². The van der Waals surface area contributed by atoms with Crippen molar-refractivity contribution in [1.29, 1.82) is 0 Å². The van der Waals surface area contributed by atoms with Gasteiger partial charge in [-0.2, -0.15) is 0 Å². The molecule has 0 aliphatic heterocycles. The van der Waals surface area contributed by atoms with Gasteiger partial charge in [0.1, 0.15) is 0 Å². The fourth-order valence-electron chi connectivity index (χ4n) is 6.16. The van der Waals surface area contributed by atoms with E-state index >= 15 is 0 Å². The van der Waals surface area contributed by atoms with Crippen molar-refractivity contribution in [1.82, 2.24) is 18.8 Å². The van der Waals surface area contributed by atoms with Gasteiger partial charge < -0.3 is 13.5 Å². The number of fused-ring (bicyclic) bond motifs is 12. The molecule has 0 amide bonds. The van der Waals surface area contributed by atoms with Gasteiger partial charge >= 0.3 is 21.1 Å². The van der Waals surface area contributed by atoms with Crippen molar-refractivity contribution in [3.05, 3.63) is 133 Å². The summed E-state index contributed by atoms with van der Waals surface area (Å²) < 4.78 is 10.7. The summed E-state index contributed by atoms with van der Waals surface area (Å²) in [5, 5.41) is 6.30. The van der Waals surface area contributed by atoms with Gasteiger partial charge in [0.05, 0.1) is 17.0 Å². The quantitative estimate of drug-likeness (QED) is 0.135. The maximum Gasteiger partial charge on any atom is 2.00 e. The smallest absolute Gasteiger partial charge is 0.497 e. The average Bonchev–Trinajstić information content (AvgIpc) is 3.67. The SMILES string of the molecule is Cc1cn2c3ccccc3c3ccc(Oc4[c-]c5c(cc4)c4ccccc4n4cc(-c6ccccc6)nc54)[c-]c3c2n1.[Pt+2]. The van der Waals surface area contributed by atoms with Crippen molar-refractivity contribution in [3.8, 4) is 22.8 Å². The van der Waals surface area contributed by atoms with E-state index in [1.54, 1.807) is 0 Å². The molecule has 4 heterocycles. The van der Waals surface area contributed by atoms with Crippen LogP contribution < -0.4 is 4.74 Å². The molecule has 0 radical (unpaired) electrons. The van der Waals surface area contributed by atoms with Crippen LogP contribution in [0.3, 0.4) is 0 Å². The van der Waals surface area contributed by atoms with Gasteiger partial charge in [-0.25, -0.2) is 0 Å². The molecule has 0 aliphatic rings. The third-order valence-electron chi connectivity index (χ3n) is 8.01. The van der Waals surface area contributed by atoms with Crippen molar-refractivity contribution in [2.45, 2.75) is 6.92 Å². The maximum atomic E-state index is 6.43. The molecule has 6 heteroatoms. The number of hydrogen-bond donors (Lipinski definition) is 0. The summed E-state index contributed by atoms with van der Waals surface area (Å²) in [5.41, 5.74) is 6.89. The summed E-state index contributed by atoms with van der Waals surface area (Å²) in [6, 6.07) is 42.3. The van der Waals surface area contributed by atoms with Crippen LogP contribution in [0.1, 0.15) is 5.69 Å². The molecule has 0 aliphatic carbocycles. The van der Waals surface area contributed by atoms with E-state index in [2.05, 4.69) is 106 Å². The van der Waals surface area contributed by atoms with Gasteiger partial charge in [-0.05, 0) is 29.8 Å². The Hall–Kier alpha value is -4.99. The van der Waals surface area contributed by atoms with Gasteiger partial charge in [0, 0.05) is 46.2 Å². The molecule has 4 aromatic heterocycles. The number of para-hydroxylation sites is 2. The molecular weight excluding hydrogens is 712 g/mol. The summed E-state index contributed by atoms with van der Waals surface area (Å²) in [4.78, 5) is 9.90. The second-order valence-electron chi connectivity index (χ2n) is 10.6. The van der Waals surface area contributed by atoms with E-state index in [1.807, 2.05) is 37.3 Å². The first-order valence-corrected chi connectivity index (χ1v) is 13.9. The Bertz CT molecular complexity index is 2510. The topological polar surface area (TPSA) is 43.8 Å². The van der Waals surface area contributed by atoms with Crippen LogP contribution in [0.4, 0.5) is 0 Å². The molecule has 9 aromatic rings. The second-order valence-corrected chi connectivity index (χ2v) is 10.6. The van der Waals surface area contributed by atoms with Gasteiger partial charge in [0.25, 0.3) is 0 Å². The maximum absolute atomic E-state index is 6.43. The third kappa shape index (κ3) is 3.96. The van der Waals surface area contributed by atoms with Gasteiger partial charge in [-0.15, -0.1) is 12.1 Å². The Balaban J connectivity index is 0.00000278. The van der Waals surface area contributed by atoms with Crippen LogP contribution >= 0.6 is 0 Å². The fraction of sp³-hybridized carbons (Fsp3) is 0.0270. The normalized spacial score (nSPS) is 11.7.